The average Bonchev–Trinajstić information content (AvgIpc) is 2.93. The van der Waals surface area contributed by atoms with Crippen LogP contribution in [0.1, 0.15) is 23.1 Å². The van der Waals surface area contributed by atoms with Crippen molar-refractivity contribution in [3.05, 3.63) is 28.8 Å². The second-order valence-electron chi connectivity index (χ2n) is 5.63. The van der Waals surface area contributed by atoms with E-state index >= 15 is 0 Å². The average molecular weight is 262 g/mol. The van der Waals surface area contributed by atoms with Crippen LogP contribution in [0.2, 0.25) is 0 Å². The van der Waals surface area contributed by atoms with Gasteiger partial charge in [-0.3, -0.25) is 0 Å². The van der Waals surface area contributed by atoms with Crippen molar-refractivity contribution in [1.29, 1.82) is 0 Å². The van der Waals surface area contributed by atoms with E-state index in [-0.39, 0.29) is 0 Å². The maximum absolute atomic E-state index is 5.51. The van der Waals surface area contributed by atoms with E-state index < -0.39 is 0 Å². The van der Waals surface area contributed by atoms with Gasteiger partial charge >= 0.3 is 0 Å². The quantitative estimate of drug-likeness (QED) is 0.880. The zero-order chi connectivity index (χ0) is 13.8. The van der Waals surface area contributed by atoms with Gasteiger partial charge < -0.3 is 15.0 Å². The number of hydrogen-bond donors (Lipinski definition) is 1. The van der Waals surface area contributed by atoms with E-state index in [2.05, 4.69) is 43.2 Å². The lowest BCUT2D eigenvalue weighted by Crippen LogP contribution is -2.34. The maximum atomic E-state index is 5.51. The monoisotopic (exact) mass is 262 g/mol. The van der Waals surface area contributed by atoms with Crippen molar-refractivity contribution in [1.82, 2.24) is 10.2 Å². The molecule has 0 spiro atoms. The summed E-state index contributed by atoms with van der Waals surface area (Å²) >= 11 is 0. The van der Waals surface area contributed by atoms with E-state index in [1.807, 2.05) is 0 Å². The fourth-order valence-corrected chi connectivity index (χ4v) is 2.73. The molecule has 1 unspecified atom stereocenters. The molecule has 0 aliphatic carbocycles. The molecule has 0 radical (unpaired) electrons. The number of hydrogen-bond acceptors (Lipinski definition) is 3. The fraction of sp³-hybridized carbons (Fsp3) is 0.625. The van der Waals surface area contributed by atoms with Crippen LogP contribution in [-0.4, -0.2) is 44.7 Å². The third kappa shape index (κ3) is 3.48. The number of nitrogens with one attached hydrogen (secondary N) is 1. The molecule has 1 saturated heterocycles. The molecule has 1 heterocycles. The molecule has 3 heteroatoms. The van der Waals surface area contributed by atoms with Crippen LogP contribution < -0.4 is 10.1 Å². The zero-order valence-electron chi connectivity index (χ0n) is 12.6. The molecule has 0 aromatic heterocycles. The molecule has 1 atom stereocenters. The van der Waals surface area contributed by atoms with Crippen LogP contribution in [0.3, 0.4) is 0 Å². The Hall–Kier alpha value is -1.06. The Bertz CT molecular complexity index is 425. The molecule has 1 aromatic rings. The summed E-state index contributed by atoms with van der Waals surface area (Å²) in [6.45, 7) is 7.68. The number of likely N-dealkylation sites (N-methyl/N-ethyl adjacent to an activating group) is 1. The van der Waals surface area contributed by atoms with Crippen molar-refractivity contribution in [2.24, 2.45) is 0 Å². The first-order valence-electron chi connectivity index (χ1n) is 7.17. The molecule has 0 amide bonds. The Morgan fingerprint density at radius 3 is 2.68 bits per heavy atom. The summed E-state index contributed by atoms with van der Waals surface area (Å²) in [5.74, 6) is 1.03. The Morgan fingerprint density at radius 1 is 1.32 bits per heavy atom. The number of ether oxygens (including phenoxy) is 1. The largest absolute Gasteiger partial charge is 0.496 e. The summed E-state index contributed by atoms with van der Waals surface area (Å²) in [4.78, 5) is 2.47. The summed E-state index contributed by atoms with van der Waals surface area (Å²) in [7, 11) is 3.99. The van der Waals surface area contributed by atoms with Crippen molar-refractivity contribution in [2.75, 3.05) is 33.8 Å². The highest BCUT2D eigenvalue weighted by atomic mass is 16.5. The predicted octanol–water partition coefficient (Wildman–Crippen LogP) is 2.15. The lowest BCUT2D eigenvalue weighted by Gasteiger charge is -2.24. The van der Waals surface area contributed by atoms with Gasteiger partial charge in [0.2, 0.25) is 0 Å². The predicted molar refractivity (Wildman–Crippen MR) is 80.1 cm³/mol. The van der Waals surface area contributed by atoms with Gasteiger partial charge in [0.05, 0.1) is 7.11 Å². The van der Waals surface area contributed by atoms with Gasteiger partial charge in [0.1, 0.15) is 5.75 Å². The second kappa shape index (κ2) is 6.40. The van der Waals surface area contributed by atoms with Crippen molar-refractivity contribution in [2.45, 2.75) is 32.7 Å². The molecule has 3 nitrogen and oxygen atoms in total. The maximum Gasteiger partial charge on any atom is 0.122 e. The Morgan fingerprint density at radius 2 is 2.05 bits per heavy atom. The van der Waals surface area contributed by atoms with E-state index in [4.69, 9.17) is 4.74 Å². The van der Waals surface area contributed by atoms with Crippen LogP contribution in [0.4, 0.5) is 0 Å². The topological polar surface area (TPSA) is 24.5 Å². The first-order chi connectivity index (χ1) is 9.11. The second-order valence-corrected chi connectivity index (χ2v) is 5.63. The number of benzene rings is 1. The highest BCUT2D eigenvalue weighted by Crippen LogP contribution is 2.24. The SMILES string of the molecule is COc1cc(C)c(C)cc1CCN(C)C1CCNC1. The number of methoxy groups -OCH3 is 1. The molecule has 1 N–H and O–H groups in total. The summed E-state index contributed by atoms with van der Waals surface area (Å²) in [5.41, 5.74) is 3.97. The summed E-state index contributed by atoms with van der Waals surface area (Å²) in [5, 5.41) is 3.42. The van der Waals surface area contributed by atoms with E-state index in [1.54, 1.807) is 7.11 Å². The fourth-order valence-electron chi connectivity index (χ4n) is 2.73. The first-order valence-corrected chi connectivity index (χ1v) is 7.17. The number of nitrogens with zero attached hydrogens (tertiary/aromatic N) is 1. The molecule has 0 bridgehead atoms. The standard InChI is InChI=1S/C16H26N2O/c1-12-9-14(16(19-4)10-13(12)2)6-8-18(3)15-5-7-17-11-15/h9-10,15,17H,5-8,11H2,1-4H3. The summed E-state index contributed by atoms with van der Waals surface area (Å²) < 4.78 is 5.51. The van der Waals surface area contributed by atoms with Gasteiger partial charge in [0.25, 0.3) is 0 Å². The van der Waals surface area contributed by atoms with E-state index in [9.17, 15) is 0 Å². The normalized spacial score (nSPS) is 19.1. The van der Waals surface area contributed by atoms with Crippen LogP contribution >= 0.6 is 0 Å². The third-order valence-corrected chi connectivity index (χ3v) is 4.29. The third-order valence-electron chi connectivity index (χ3n) is 4.29. The minimum Gasteiger partial charge on any atom is -0.496 e. The highest BCUT2D eigenvalue weighted by molar-refractivity contribution is 5.41. The number of aryl methyl sites for hydroxylation is 2. The van der Waals surface area contributed by atoms with E-state index in [0.29, 0.717) is 6.04 Å². The molecule has 1 aliphatic rings. The van der Waals surface area contributed by atoms with Gasteiger partial charge in [-0.1, -0.05) is 6.07 Å². The molecule has 1 aromatic carbocycles. The molecule has 0 saturated carbocycles. The summed E-state index contributed by atoms with van der Waals surface area (Å²) in [6, 6.07) is 5.12. The van der Waals surface area contributed by atoms with Crippen LogP contribution in [0.5, 0.6) is 5.75 Å². The van der Waals surface area contributed by atoms with Crippen molar-refractivity contribution in [3.8, 4) is 5.75 Å². The molecule has 2 rings (SSSR count). The molecule has 1 fully saturated rings. The minimum atomic E-state index is 0.692. The highest BCUT2D eigenvalue weighted by Gasteiger charge is 2.19. The zero-order valence-corrected chi connectivity index (χ0v) is 12.6. The Balaban J connectivity index is 2.00. The van der Waals surface area contributed by atoms with Gasteiger partial charge in [0.15, 0.2) is 0 Å². The Labute approximate surface area is 116 Å². The Kier molecular flexibility index (Phi) is 4.83. The van der Waals surface area contributed by atoms with Gasteiger partial charge in [-0.25, -0.2) is 0 Å². The minimum absolute atomic E-state index is 0.692. The molecule has 19 heavy (non-hydrogen) atoms. The van der Waals surface area contributed by atoms with E-state index in [0.717, 1.165) is 31.8 Å². The van der Waals surface area contributed by atoms with Crippen LogP contribution in [0.15, 0.2) is 12.1 Å². The van der Waals surface area contributed by atoms with Crippen molar-refractivity contribution >= 4 is 0 Å². The van der Waals surface area contributed by atoms with Gasteiger partial charge in [-0.2, -0.15) is 0 Å². The van der Waals surface area contributed by atoms with Gasteiger partial charge in [-0.15, -0.1) is 0 Å². The lowest BCUT2D eigenvalue weighted by atomic mass is 10.0. The first kappa shape index (κ1) is 14.4. The molecular weight excluding hydrogens is 236 g/mol. The number of rotatable bonds is 5. The summed E-state index contributed by atoms with van der Waals surface area (Å²) in [6.07, 6.45) is 2.32. The van der Waals surface area contributed by atoms with E-state index in [1.165, 1.54) is 23.1 Å². The van der Waals surface area contributed by atoms with Crippen molar-refractivity contribution in [3.63, 3.8) is 0 Å². The van der Waals surface area contributed by atoms with Gasteiger partial charge in [0, 0.05) is 19.1 Å². The molecular formula is C16H26N2O. The molecule has 1 aliphatic heterocycles. The van der Waals surface area contributed by atoms with Gasteiger partial charge in [-0.05, 0) is 63.0 Å². The van der Waals surface area contributed by atoms with Crippen molar-refractivity contribution < 1.29 is 4.74 Å². The van der Waals surface area contributed by atoms with Crippen LogP contribution in [-0.2, 0) is 6.42 Å². The molecule has 106 valence electrons. The van der Waals surface area contributed by atoms with Crippen LogP contribution in [0, 0.1) is 13.8 Å². The lowest BCUT2D eigenvalue weighted by molar-refractivity contribution is 0.259. The smallest absolute Gasteiger partial charge is 0.122 e. The van der Waals surface area contributed by atoms with Crippen LogP contribution in [0.25, 0.3) is 0 Å².